The van der Waals surface area contributed by atoms with Crippen LogP contribution in [0.25, 0.3) is 0 Å². The molecular weight excluding hydrogens is 330 g/mol. The third-order valence-corrected chi connectivity index (χ3v) is 4.00. The molecule has 6 nitrogen and oxygen atoms in total. The summed E-state index contributed by atoms with van der Waals surface area (Å²) in [6.45, 7) is 1.63. The van der Waals surface area contributed by atoms with Crippen molar-refractivity contribution >= 4 is 24.2 Å². The summed E-state index contributed by atoms with van der Waals surface area (Å²) in [4.78, 5) is 26.7. The Labute approximate surface area is 149 Å². The van der Waals surface area contributed by atoms with Gasteiger partial charge in [-0.05, 0) is 18.4 Å². The van der Waals surface area contributed by atoms with Gasteiger partial charge in [-0.2, -0.15) is 0 Å². The molecule has 2 atom stereocenters. The number of hydrogen-bond donors (Lipinski definition) is 2. The summed E-state index contributed by atoms with van der Waals surface area (Å²) in [5.41, 5.74) is 6.77. The van der Waals surface area contributed by atoms with Gasteiger partial charge in [-0.15, -0.1) is 12.4 Å². The number of nitrogens with one attached hydrogen (secondary N) is 1. The summed E-state index contributed by atoms with van der Waals surface area (Å²) >= 11 is 0. The zero-order valence-electron chi connectivity index (χ0n) is 13.9. The van der Waals surface area contributed by atoms with Crippen LogP contribution >= 0.6 is 12.4 Å². The van der Waals surface area contributed by atoms with Crippen LogP contribution in [0.2, 0.25) is 0 Å². The highest BCUT2D eigenvalue weighted by atomic mass is 35.5. The second-order valence-corrected chi connectivity index (χ2v) is 5.85. The molecule has 1 heterocycles. The fourth-order valence-electron chi connectivity index (χ4n) is 2.74. The molecule has 0 saturated carbocycles. The van der Waals surface area contributed by atoms with Crippen LogP contribution in [0.4, 0.5) is 0 Å². The van der Waals surface area contributed by atoms with Gasteiger partial charge in [-0.3, -0.25) is 9.59 Å². The SMILES string of the molecule is COCC(N)C(=O)NC(Cc1ccccc1)C(=O)N1CCCC1.Cl. The molecule has 0 bridgehead atoms. The number of nitrogens with two attached hydrogens (primary N) is 1. The fourth-order valence-corrected chi connectivity index (χ4v) is 2.74. The quantitative estimate of drug-likeness (QED) is 0.755. The van der Waals surface area contributed by atoms with Gasteiger partial charge >= 0.3 is 0 Å². The van der Waals surface area contributed by atoms with Gasteiger partial charge in [0.1, 0.15) is 12.1 Å². The molecule has 0 radical (unpaired) electrons. The van der Waals surface area contributed by atoms with Gasteiger partial charge < -0.3 is 20.7 Å². The second-order valence-electron chi connectivity index (χ2n) is 5.85. The minimum Gasteiger partial charge on any atom is -0.383 e. The maximum atomic E-state index is 12.7. The van der Waals surface area contributed by atoms with Gasteiger partial charge in [0.15, 0.2) is 0 Å². The Morgan fingerprint density at radius 3 is 2.46 bits per heavy atom. The molecule has 0 spiro atoms. The number of benzene rings is 1. The lowest BCUT2D eigenvalue weighted by Crippen LogP contribution is -2.54. The van der Waals surface area contributed by atoms with Crippen molar-refractivity contribution in [3.8, 4) is 0 Å². The van der Waals surface area contributed by atoms with Crippen LogP contribution in [-0.4, -0.2) is 55.6 Å². The van der Waals surface area contributed by atoms with Crippen LogP contribution in [0.5, 0.6) is 0 Å². The number of ether oxygens (including phenoxy) is 1. The van der Waals surface area contributed by atoms with Crippen molar-refractivity contribution in [2.24, 2.45) is 5.73 Å². The lowest BCUT2D eigenvalue weighted by atomic mass is 10.0. The number of likely N-dealkylation sites (tertiary alicyclic amines) is 1. The molecule has 1 fully saturated rings. The molecule has 2 amide bonds. The van der Waals surface area contributed by atoms with E-state index in [9.17, 15) is 9.59 Å². The first-order valence-electron chi connectivity index (χ1n) is 7.99. The molecule has 1 aromatic rings. The molecule has 3 N–H and O–H groups in total. The molecule has 0 aromatic heterocycles. The van der Waals surface area contributed by atoms with Crippen LogP contribution in [0.3, 0.4) is 0 Å². The number of carbonyl (C=O) groups excluding carboxylic acids is 2. The number of hydrogen-bond acceptors (Lipinski definition) is 4. The number of halogens is 1. The Morgan fingerprint density at radius 1 is 1.25 bits per heavy atom. The largest absolute Gasteiger partial charge is 0.383 e. The van der Waals surface area contributed by atoms with E-state index in [1.54, 1.807) is 0 Å². The summed E-state index contributed by atoms with van der Waals surface area (Å²) in [6, 6.07) is 8.30. The van der Waals surface area contributed by atoms with E-state index in [4.69, 9.17) is 10.5 Å². The van der Waals surface area contributed by atoms with Gasteiger partial charge in [-0.25, -0.2) is 0 Å². The van der Waals surface area contributed by atoms with Crippen molar-refractivity contribution in [1.82, 2.24) is 10.2 Å². The van der Waals surface area contributed by atoms with Crippen LogP contribution < -0.4 is 11.1 Å². The summed E-state index contributed by atoms with van der Waals surface area (Å²) in [6.07, 6.45) is 2.49. The lowest BCUT2D eigenvalue weighted by Gasteiger charge is -2.25. The maximum absolute atomic E-state index is 12.7. The second kappa shape index (κ2) is 10.3. The number of amides is 2. The van der Waals surface area contributed by atoms with E-state index in [2.05, 4.69) is 5.32 Å². The summed E-state index contributed by atoms with van der Waals surface area (Å²) in [5, 5.41) is 2.79. The lowest BCUT2D eigenvalue weighted by molar-refractivity contribution is -0.136. The third kappa shape index (κ3) is 5.78. The first-order chi connectivity index (χ1) is 11.1. The van der Waals surface area contributed by atoms with Gasteiger partial charge in [-0.1, -0.05) is 30.3 Å². The van der Waals surface area contributed by atoms with Crippen molar-refractivity contribution in [2.45, 2.75) is 31.3 Å². The maximum Gasteiger partial charge on any atom is 0.245 e. The first-order valence-corrected chi connectivity index (χ1v) is 7.99. The van der Waals surface area contributed by atoms with Gasteiger partial charge in [0.05, 0.1) is 6.61 Å². The van der Waals surface area contributed by atoms with E-state index < -0.39 is 12.1 Å². The predicted octanol–water partition coefficient (Wildman–Crippen LogP) is 0.732. The van der Waals surface area contributed by atoms with E-state index in [1.807, 2.05) is 35.2 Å². The molecule has 1 aromatic carbocycles. The highest BCUT2D eigenvalue weighted by Crippen LogP contribution is 2.12. The van der Waals surface area contributed by atoms with Crippen molar-refractivity contribution in [2.75, 3.05) is 26.8 Å². The number of rotatable bonds is 7. The average Bonchev–Trinajstić information content (AvgIpc) is 3.09. The average molecular weight is 356 g/mol. The van der Waals surface area contributed by atoms with Gasteiger partial charge in [0.25, 0.3) is 0 Å². The molecule has 2 unspecified atom stereocenters. The van der Waals surface area contributed by atoms with Crippen molar-refractivity contribution in [3.63, 3.8) is 0 Å². The number of nitrogens with zero attached hydrogens (tertiary/aromatic N) is 1. The van der Waals surface area contributed by atoms with Crippen molar-refractivity contribution < 1.29 is 14.3 Å². The Balaban J connectivity index is 0.00000288. The molecule has 1 aliphatic rings. The summed E-state index contributed by atoms with van der Waals surface area (Å²) in [5.74, 6) is -0.398. The van der Waals surface area contributed by atoms with Crippen molar-refractivity contribution in [1.29, 1.82) is 0 Å². The Hall–Kier alpha value is -1.63. The third-order valence-electron chi connectivity index (χ3n) is 4.00. The van der Waals surface area contributed by atoms with E-state index in [0.717, 1.165) is 31.5 Å². The molecule has 7 heteroatoms. The normalized spacial score (nSPS) is 16.2. The zero-order chi connectivity index (χ0) is 16.7. The molecule has 1 saturated heterocycles. The number of methoxy groups -OCH3 is 1. The summed E-state index contributed by atoms with van der Waals surface area (Å²) in [7, 11) is 1.49. The first kappa shape index (κ1) is 20.4. The Kier molecular flexibility index (Phi) is 8.74. The molecule has 0 aliphatic carbocycles. The fraction of sp³-hybridized carbons (Fsp3) is 0.529. The van der Waals surface area contributed by atoms with Crippen LogP contribution in [-0.2, 0) is 20.7 Å². The zero-order valence-corrected chi connectivity index (χ0v) is 14.8. The minimum atomic E-state index is -0.773. The van der Waals surface area contributed by atoms with E-state index >= 15 is 0 Å². The van der Waals surface area contributed by atoms with Crippen LogP contribution in [0, 0.1) is 0 Å². The predicted molar refractivity (Wildman–Crippen MR) is 95.0 cm³/mol. The molecule has 2 rings (SSSR count). The standard InChI is InChI=1S/C17H25N3O3.ClH/c1-23-12-14(18)16(21)19-15(11-13-7-3-2-4-8-13)17(22)20-9-5-6-10-20;/h2-4,7-8,14-15H,5-6,9-12,18H2,1H3,(H,19,21);1H. The van der Waals surface area contributed by atoms with Gasteiger partial charge in [0, 0.05) is 26.6 Å². The summed E-state index contributed by atoms with van der Waals surface area (Å²) < 4.78 is 4.90. The highest BCUT2D eigenvalue weighted by molar-refractivity contribution is 5.90. The van der Waals surface area contributed by atoms with E-state index in [1.165, 1.54) is 7.11 Å². The van der Waals surface area contributed by atoms with Crippen molar-refractivity contribution in [3.05, 3.63) is 35.9 Å². The molecule has 24 heavy (non-hydrogen) atoms. The van der Waals surface area contributed by atoms with E-state index in [-0.39, 0.29) is 30.8 Å². The highest BCUT2D eigenvalue weighted by Gasteiger charge is 2.29. The molecule has 134 valence electrons. The smallest absolute Gasteiger partial charge is 0.245 e. The Morgan fingerprint density at radius 2 is 1.88 bits per heavy atom. The monoisotopic (exact) mass is 355 g/mol. The topological polar surface area (TPSA) is 84.7 Å². The minimum absolute atomic E-state index is 0. The molecule has 1 aliphatic heterocycles. The molecular formula is C17H26ClN3O3. The number of carbonyl (C=O) groups is 2. The van der Waals surface area contributed by atoms with Gasteiger partial charge in [0.2, 0.25) is 11.8 Å². The Bertz CT molecular complexity index is 521. The van der Waals surface area contributed by atoms with Crippen LogP contribution in [0.1, 0.15) is 18.4 Å². The van der Waals surface area contributed by atoms with E-state index in [0.29, 0.717) is 6.42 Å². The van der Waals surface area contributed by atoms with Crippen LogP contribution in [0.15, 0.2) is 30.3 Å².